The zero-order valence-corrected chi connectivity index (χ0v) is 15.7. The molecule has 0 aliphatic rings. The predicted octanol–water partition coefficient (Wildman–Crippen LogP) is 2.53. The summed E-state index contributed by atoms with van der Waals surface area (Å²) in [4.78, 5) is 0. The first-order chi connectivity index (χ1) is 10.1. The molecule has 0 aliphatic heterocycles. The molecule has 0 aromatic heterocycles. The van der Waals surface area contributed by atoms with Crippen molar-refractivity contribution in [1.82, 2.24) is 0 Å². The first-order valence-corrected chi connectivity index (χ1v) is 10.1. The highest BCUT2D eigenvalue weighted by Crippen LogP contribution is 2.17. The lowest BCUT2D eigenvalue weighted by molar-refractivity contribution is -0.597. The number of halogens is 1. The summed E-state index contributed by atoms with van der Waals surface area (Å²) in [5, 5.41) is 0. The summed E-state index contributed by atoms with van der Waals surface area (Å²) in [6.45, 7) is 9.11. The van der Waals surface area contributed by atoms with Crippen LogP contribution in [0.2, 0.25) is 0 Å². The summed E-state index contributed by atoms with van der Waals surface area (Å²) < 4.78 is 3.02. The molecule has 0 N–H and O–H groups in total. The zero-order chi connectivity index (χ0) is 15.2. The third-order valence-corrected chi connectivity index (χ3v) is 6.51. The van der Waals surface area contributed by atoms with Crippen LogP contribution < -0.4 is 21.2 Å². The Bertz CT molecular complexity index is 537. The van der Waals surface area contributed by atoms with Crippen LogP contribution in [-0.4, -0.2) is 0 Å². The van der Waals surface area contributed by atoms with Crippen LogP contribution in [0.4, 0.5) is 0 Å². The molecule has 0 amide bonds. The Morgan fingerprint density at radius 3 is 1.81 bits per heavy atom. The van der Waals surface area contributed by atoms with E-state index in [2.05, 4.69) is 76.2 Å². The number of hydrogen-bond acceptors (Lipinski definition) is 0. The SMILES string of the molecule is CCC(C)c1ccc([I+]c2ccc(CC(C)C)cc2)cc1. The van der Waals surface area contributed by atoms with Crippen molar-refractivity contribution in [2.45, 2.75) is 46.5 Å². The van der Waals surface area contributed by atoms with E-state index in [0.29, 0.717) is 5.92 Å². The standard InChI is InChI=1S/C20H26I/c1-5-16(4)18-8-12-20(13-9-18)21-19-10-6-17(7-11-19)14-15(2)3/h6-13,15-16H,5,14H2,1-4H3/q+1. The first kappa shape index (κ1) is 16.5. The quantitative estimate of drug-likeness (QED) is 0.662. The molecular weight excluding hydrogens is 367 g/mol. The third-order valence-electron chi connectivity index (χ3n) is 3.83. The van der Waals surface area contributed by atoms with Crippen molar-refractivity contribution in [3.63, 3.8) is 0 Å². The average Bonchev–Trinajstić information content (AvgIpc) is 2.49. The third kappa shape index (κ3) is 5.14. The van der Waals surface area contributed by atoms with Crippen molar-refractivity contribution in [2.75, 3.05) is 0 Å². The lowest BCUT2D eigenvalue weighted by Gasteiger charge is -2.07. The minimum Gasteiger partial charge on any atom is -0.0648 e. The van der Waals surface area contributed by atoms with Gasteiger partial charge in [0.25, 0.3) is 0 Å². The van der Waals surface area contributed by atoms with Crippen LogP contribution in [0.5, 0.6) is 0 Å². The second kappa shape index (κ2) is 7.98. The Morgan fingerprint density at radius 2 is 1.33 bits per heavy atom. The van der Waals surface area contributed by atoms with Crippen molar-refractivity contribution in [3.05, 3.63) is 66.8 Å². The van der Waals surface area contributed by atoms with E-state index in [1.807, 2.05) is 0 Å². The smallest absolute Gasteiger partial charge is 0.0648 e. The van der Waals surface area contributed by atoms with Gasteiger partial charge in [0.1, 0.15) is 0 Å². The van der Waals surface area contributed by atoms with Gasteiger partial charge in [-0.15, -0.1) is 0 Å². The molecule has 1 atom stereocenters. The van der Waals surface area contributed by atoms with Gasteiger partial charge in [-0.3, -0.25) is 0 Å². The van der Waals surface area contributed by atoms with Crippen LogP contribution in [0.15, 0.2) is 48.5 Å². The zero-order valence-electron chi connectivity index (χ0n) is 13.6. The van der Waals surface area contributed by atoms with E-state index in [-0.39, 0.29) is 21.2 Å². The molecule has 0 saturated heterocycles. The van der Waals surface area contributed by atoms with Crippen LogP contribution in [0.3, 0.4) is 0 Å². The molecule has 0 heterocycles. The molecule has 21 heavy (non-hydrogen) atoms. The van der Waals surface area contributed by atoms with Crippen LogP contribution in [-0.2, 0) is 6.42 Å². The van der Waals surface area contributed by atoms with Gasteiger partial charge in [-0.05, 0) is 60.1 Å². The summed E-state index contributed by atoms with van der Waals surface area (Å²) in [6, 6.07) is 18.6. The lowest BCUT2D eigenvalue weighted by atomic mass is 9.99. The molecule has 0 nitrogen and oxygen atoms in total. The van der Waals surface area contributed by atoms with E-state index in [0.717, 1.165) is 5.92 Å². The number of benzene rings is 2. The molecule has 0 saturated carbocycles. The van der Waals surface area contributed by atoms with Gasteiger partial charge in [-0.1, -0.05) is 52.0 Å². The second-order valence-electron chi connectivity index (χ2n) is 6.18. The molecule has 0 spiro atoms. The van der Waals surface area contributed by atoms with Crippen molar-refractivity contribution < 1.29 is 21.2 Å². The Morgan fingerprint density at radius 1 is 0.810 bits per heavy atom. The molecule has 2 rings (SSSR count). The summed E-state index contributed by atoms with van der Waals surface area (Å²) in [5.41, 5.74) is 2.93. The van der Waals surface area contributed by atoms with Gasteiger partial charge in [-0.2, -0.15) is 0 Å². The van der Waals surface area contributed by atoms with Gasteiger partial charge in [0, 0.05) is 0 Å². The van der Waals surface area contributed by atoms with Gasteiger partial charge in [0.2, 0.25) is 0 Å². The van der Waals surface area contributed by atoms with E-state index >= 15 is 0 Å². The number of rotatable bonds is 6. The second-order valence-corrected chi connectivity index (χ2v) is 9.21. The average molecular weight is 393 g/mol. The van der Waals surface area contributed by atoms with E-state index in [9.17, 15) is 0 Å². The molecule has 1 unspecified atom stereocenters. The van der Waals surface area contributed by atoms with Crippen LogP contribution in [0, 0.1) is 13.1 Å². The topological polar surface area (TPSA) is 0 Å². The Kier molecular flexibility index (Phi) is 6.28. The van der Waals surface area contributed by atoms with E-state index in [1.54, 1.807) is 0 Å². The maximum atomic E-state index is 2.33. The Balaban J connectivity index is 2.01. The van der Waals surface area contributed by atoms with Crippen molar-refractivity contribution in [3.8, 4) is 0 Å². The fourth-order valence-electron chi connectivity index (χ4n) is 2.37. The molecule has 2 aromatic rings. The van der Waals surface area contributed by atoms with E-state index in [1.165, 1.54) is 31.1 Å². The monoisotopic (exact) mass is 393 g/mol. The summed E-state index contributed by atoms with van der Waals surface area (Å²) in [7, 11) is 0. The number of hydrogen-bond donors (Lipinski definition) is 0. The molecule has 1 heteroatoms. The van der Waals surface area contributed by atoms with Crippen molar-refractivity contribution in [1.29, 1.82) is 0 Å². The van der Waals surface area contributed by atoms with Gasteiger partial charge < -0.3 is 0 Å². The maximum Gasteiger partial charge on any atom is 0.357 e. The van der Waals surface area contributed by atoms with Crippen LogP contribution in [0.25, 0.3) is 0 Å². The Labute approximate surface area is 140 Å². The summed E-state index contributed by atoms with van der Waals surface area (Å²) >= 11 is -0.0423. The normalized spacial score (nSPS) is 12.6. The van der Waals surface area contributed by atoms with Crippen LogP contribution >= 0.6 is 0 Å². The minimum atomic E-state index is -0.0423. The largest absolute Gasteiger partial charge is 0.357 e. The van der Waals surface area contributed by atoms with Gasteiger partial charge in [0.05, 0.1) is 0 Å². The molecule has 0 fully saturated rings. The highest BCUT2D eigenvalue weighted by atomic mass is 127. The van der Waals surface area contributed by atoms with Crippen molar-refractivity contribution >= 4 is 0 Å². The van der Waals surface area contributed by atoms with Gasteiger partial charge in [0.15, 0.2) is 7.14 Å². The summed E-state index contributed by atoms with van der Waals surface area (Å²) in [6.07, 6.45) is 2.40. The molecule has 0 bridgehead atoms. The molecule has 0 aliphatic carbocycles. The van der Waals surface area contributed by atoms with E-state index in [4.69, 9.17) is 0 Å². The maximum absolute atomic E-state index is 2.33. The highest BCUT2D eigenvalue weighted by molar-refractivity contribution is 5.19. The van der Waals surface area contributed by atoms with Crippen LogP contribution in [0.1, 0.15) is 51.2 Å². The molecule has 112 valence electrons. The fourth-order valence-corrected chi connectivity index (χ4v) is 4.53. The highest BCUT2D eigenvalue weighted by Gasteiger charge is 2.15. The molecule has 0 radical (unpaired) electrons. The Hall–Kier alpha value is -0.830. The summed E-state index contributed by atoms with van der Waals surface area (Å²) in [5.74, 6) is 1.41. The first-order valence-electron chi connectivity index (χ1n) is 7.92. The van der Waals surface area contributed by atoms with E-state index < -0.39 is 0 Å². The minimum absolute atomic E-state index is 0.0423. The fraction of sp³-hybridized carbons (Fsp3) is 0.400. The lowest BCUT2D eigenvalue weighted by Crippen LogP contribution is -3.61. The molecule has 2 aromatic carbocycles. The van der Waals surface area contributed by atoms with Gasteiger partial charge >= 0.3 is 21.2 Å². The van der Waals surface area contributed by atoms with Crippen molar-refractivity contribution in [2.24, 2.45) is 5.92 Å². The predicted molar refractivity (Wildman–Crippen MR) is 87.5 cm³/mol. The van der Waals surface area contributed by atoms with Gasteiger partial charge in [-0.25, -0.2) is 0 Å². The molecular formula is C20H26I+.